The summed E-state index contributed by atoms with van der Waals surface area (Å²) in [5, 5.41) is 4.16. The fourth-order valence-electron chi connectivity index (χ4n) is 0.997. The van der Waals surface area contributed by atoms with Crippen LogP contribution in [0.3, 0.4) is 0 Å². The van der Waals surface area contributed by atoms with E-state index in [0.29, 0.717) is 10.7 Å². The van der Waals surface area contributed by atoms with Crippen LogP contribution in [0.25, 0.3) is 5.69 Å². The first kappa shape index (κ1) is 8.07. The zero-order valence-electron chi connectivity index (χ0n) is 6.48. The Kier molecular flexibility index (Phi) is 1.90. The maximum Gasteiger partial charge on any atom is 0.441 e. The van der Waals surface area contributed by atoms with Gasteiger partial charge in [-0.1, -0.05) is 23.7 Å². The van der Waals surface area contributed by atoms with Crippen molar-refractivity contribution in [2.75, 3.05) is 0 Å². The second-order valence-electron chi connectivity index (χ2n) is 2.37. The predicted octanol–water partition coefficient (Wildman–Crippen LogP) is 1.48. The van der Waals surface area contributed by atoms with E-state index in [-0.39, 0.29) is 0 Å². The fraction of sp³-hybridized carbons (Fsp3) is 0. The van der Waals surface area contributed by atoms with Crippen molar-refractivity contribution >= 4 is 11.6 Å². The summed E-state index contributed by atoms with van der Waals surface area (Å²) in [6, 6.07) is 6.91. The first-order chi connectivity index (χ1) is 6.29. The minimum absolute atomic E-state index is 0.457. The van der Waals surface area contributed by atoms with Crippen molar-refractivity contribution < 1.29 is 4.42 Å². The van der Waals surface area contributed by atoms with Crippen LogP contribution >= 0.6 is 11.6 Å². The van der Waals surface area contributed by atoms with Gasteiger partial charge >= 0.3 is 5.76 Å². The van der Waals surface area contributed by atoms with E-state index in [1.807, 2.05) is 0 Å². The lowest BCUT2D eigenvalue weighted by atomic mass is 10.3. The summed E-state index contributed by atoms with van der Waals surface area (Å²) in [6.07, 6.45) is 1.08. The number of rotatable bonds is 1. The van der Waals surface area contributed by atoms with Gasteiger partial charge in [-0.3, -0.25) is 0 Å². The van der Waals surface area contributed by atoms with Crippen LogP contribution < -0.4 is 5.76 Å². The molecule has 0 fully saturated rings. The van der Waals surface area contributed by atoms with E-state index < -0.39 is 5.76 Å². The normalized spacial score (nSPS) is 10.2. The van der Waals surface area contributed by atoms with Gasteiger partial charge in [0.25, 0.3) is 0 Å². The number of halogens is 1. The summed E-state index contributed by atoms with van der Waals surface area (Å²) in [4.78, 5) is 11.0. The van der Waals surface area contributed by atoms with Crippen molar-refractivity contribution in [2.24, 2.45) is 0 Å². The van der Waals surface area contributed by atoms with Gasteiger partial charge in [-0.2, -0.15) is 4.68 Å². The average Bonchev–Trinajstić information content (AvgIpc) is 2.52. The highest BCUT2D eigenvalue weighted by Crippen LogP contribution is 2.16. The van der Waals surface area contributed by atoms with Gasteiger partial charge < -0.3 is 4.42 Å². The van der Waals surface area contributed by atoms with Crippen LogP contribution in [0, 0.1) is 0 Å². The smallest absolute Gasteiger partial charge is 0.395 e. The van der Waals surface area contributed by atoms with Crippen molar-refractivity contribution in [1.82, 2.24) is 9.78 Å². The quantitative estimate of drug-likeness (QED) is 0.694. The molecule has 0 aliphatic rings. The van der Waals surface area contributed by atoms with Crippen LogP contribution in [0.4, 0.5) is 0 Å². The van der Waals surface area contributed by atoms with E-state index in [0.717, 1.165) is 11.1 Å². The SMILES string of the molecule is O=c1ocnn1-c1ccccc1Cl. The zero-order valence-corrected chi connectivity index (χ0v) is 7.23. The van der Waals surface area contributed by atoms with Crippen molar-refractivity contribution in [1.29, 1.82) is 0 Å². The number of para-hydroxylation sites is 1. The summed E-state index contributed by atoms with van der Waals surface area (Å²) in [7, 11) is 0. The molecule has 1 heterocycles. The molecular formula is C8H5ClN2O2. The fourth-order valence-corrected chi connectivity index (χ4v) is 1.21. The molecule has 66 valence electrons. The number of hydrogen-bond acceptors (Lipinski definition) is 3. The molecule has 0 atom stereocenters. The third kappa shape index (κ3) is 1.36. The molecule has 0 aliphatic heterocycles. The largest absolute Gasteiger partial charge is 0.441 e. The van der Waals surface area contributed by atoms with Gasteiger partial charge in [-0.15, -0.1) is 5.10 Å². The molecule has 5 heteroatoms. The lowest BCUT2D eigenvalue weighted by Crippen LogP contribution is -2.13. The predicted molar refractivity (Wildman–Crippen MR) is 47.1 cm³/mol. The molecule has 13 heavy (non-hydrogen) atoms. The number of aromatic nitrogens is 2. The van der Waals surface area contributed by atoms with E-state index in [4.69, 9.17) is 11.6 Å². The summed E-state index contributed by atoms with van der Waals surface area (Å²) >= 11 is 5.85. The highest BCUT2D eigenvalue weighted by atomic mass is 35.5. The summed E-state index contributed by atoms with van der Waals surface area (Å²) < 4.78 is 5.61. The van der Waals surface area contributed by atoms with E-state index >= 15 is 0 Å². The Balaban J connectivity index is 2.66. The maximum absolute atomic E-state index is 11.0. The molecule has 0 saturated heterocycles. The minimum Gasteiger partial charge on any atom is -0.395 e. The lowest BCUT2D eigenvalue weighted by molar-refractivity contribution is 0.504. The molecule has 2 aromatic rings. The molecule has 0 unspecified atom stereocenters. The molecule has 4 nitrogen and oxygen atoms in total. The van der Waals surface area contributed by atoms with Gasteiger partial charge in [0, 0.05) is 0 Å². The molecule has 0 N–H and O–H groups in total. The van der Waals surface area contributed by atoms with Crippen LogP contribution in [-0.2, 0) is 0 Å². The van der Waals surface area contributed by atoms with Gasteiger partial charge in [0.05, 0.1) is 10.7 Å². The molecule has 0 saturated carbocycles. The minimum atomic E-state index is -0.548. The zero-order chi connectivity index (χ0) is 9.26. The van der Waals surface area contributed by atoms with E-state index in [1.165, 1.54) is 0 Å². The molecule has 1 aromatic carbocycles. The van der Waals surface area contributed by atoms with Crippen molar-refractivity contribution in [3.63, 3.8) is 0 Å². The van der Waals surface area contributed by atoms with Crippen LogP contribution in [0.1, 0.15) is 0 Å². The van der Waals surface area contributed by atoms with Gasteiger partial charge in [0.15, 0.2) is 0 Å². The van der Waals surface area contributed by atoms with Crippen LogP contribution in [0.15, 0.2) is 39.9 Å². The monoisotopic (exact) mass is 196 g/mol. The topological polar surface area (TPSA) is 48.0 Å². The second kappa shape index (κ2) is 3.06. The lowest BCUT2D eigenvalue weighted by Gasteiger charge is -1.99. The Labute approximate surface area is 78.4 Å². The van der Waals surface area contributed by atoms with Crippen LogP contribution in [0.5, 0.6) is 0 Å². The number of hydrogen-bond donors (Lipinski definition) is 0. The molecule has 2 rings (SSSR count). The first-order valence-electron chi connectivity index (χ1n) is 3.57. The summed E-state index contributed by atoms with van der Waals surface area (Å²) in [6.45, 7) is 0. The molecule has 1 aromatic heterocycles. The number of nitrogens with zero attached hydrogens (tertiary/aromatic N) is 2. The molecular weight excluding hydrogens is 192 g/mol. The summed E-state index contributed by atoms with van der Waals surface area (Å²) in [5.41, 5.74) is 0.517. The van der Waals surface area contributed by atoms with Crippen molar-refractivity contribution in [3.05, 3.63) is 46.2 Å². The molecule has 0 amide bonds. The molecule has 0 aliphatic carbocycles. The highest BCUT2D eigenvalue weighted by Gasteiger charge is 2.05. The highest BCUT2D eigenvalue weighted by molar-refractivity contribution is 6.32. The standard InChI is InChI=1S/C8H5ClN2O2/c9-6-3-1-2-4-7(6)11-8(12)13-5-10-11/h1-5H. The molecule has 0 bridgehead atoms. The molecule has 0 radical (unpaired) electrons. The Morgan fingerprint density at radius 3 is 2.77 bits per heavy atom. The number of benzene rings is 1. The average molecular weight is 197 g/mol. The van der Waals surface area contributed by atoms with Gasteiger partial charge in [0.2, 0.25) is 6.39 Å². The van der Waals surface area contributed by atoms with Gasteiger partial charge in [0.1, 0.15) is 0 Å². The van der Waals surface area contributed by atoms with Crippen molar-refractivity contribution in [3.8, 4) is 5.69 Å². The van der Waals surface area contributed by atoms with Crippen molar-refractivity contribution in [2.45, 2.75) is 0 Å². The van der Waals surface area contributed by atoms with Gasteiger partial charge in [-0.25, -0.2) is 4.79 Å². The van der Waals surface area contributed by atoms with E-state index in [1.54, 1.807) is 24.3 Å². The van der Waals surface area contributed by atoms with Crippen LogP contribution in [-0.4, -0.2) is 9.78 Å². The Hall–Kier alpha value is -1.55. The third-order valence-electron chi connectivity index (χ3n) is 1.57. The Bertz CT molecular complexity index is 475. The van der Waals surface area contributed by atoms with E-state index in [2.05, 4.69) is 9.52 Å². The van der Waals surface area contributed by atoms with Crippen LogP contribution in [0.2, 0.25) is 5.02 Å². The van der Waals surface area contributed by atoms with Gasteiger partial charge in [-0.05, 0) is 12.1 Å². The Morgan fingerprint density at radius 1 is 1.38 bits per heavy atom. The molecule has 0 spiro atoms. The van der Waals surface area contributed by atoms with E-state index in [9.17, 15) is 4.79 Å². The summed E-state index contributed by atoms with van der Waals surface area (Å²) in [5.74, 6) is -0.548. The third-order valence-corrected chi connectivity index (χ3v) is 1.89. The second-order valence-corrected chi connectivity index (χ2v) is 2.78. The first-order valence-corrected chi connectivity index (χ1v) is 3.94. The Morgan fingerprint density at radius 2 is 2.15 bits per heavy atom. The maximum atomic E-state index is 11.0.